The fourth-order valence-electron chi connectivity index (χ4n) is 0.558. The summed E-state index contributed by atoms with van der Waals surface area (Å²) in [4.78, 5) is 0. The number of hydrogen-bond acceptors (Lipinski definition) is 1. The van der Waals surface area contributed by atoms with Crippen molar-refractivity contribution in [3.63, 3.8) is 0 Å². The van der Waals surface area contributed by atoms with E-state index in [1.807, 2.05) is 17.0 Å². The highest BCUT2D eigenvalue weighted by molar-refractivity contribution is 5.03. The van der Waals surface area contributed by atoms with Crippen LogP contribution in [-0.2, 0) is 0 Å². The van der Waals surface area contributed by atoms with Crippen LogP contribution in [0, 0.1) is 0 Å². The highest BCUT2D eigenvalue weighted by atomic mass is 16.3. The Morgan fingerprint density at radius 2 is 2.56 bits per heavy atom. The molecule has 1 aromatic heterocycles. The molecule has 0 atom stereocenters. The Bertz CT molecular complexity index is 177. The topological polar surface area (TPSA) is 17.0 Å². The molecule has 2 heteroatoms. The largest absolute Gasteiger partial charge is 0.412 e. The van der Waals surface area contributed by atoms with Crippen LogP contribution in [0.4, 0.5) is 0 Å². The van der Waals surface area contributed by atoms with Gasteiger partial charge in [0.2, 0.25) is 6.20 Å². The molecule has 0 fully saturated rings. The molecular formula is C7H10NO+. The minimum atomic E-state index is 1.05. The molecule has 0 aliphatic carbocycles. The van der Waals surface area contributed by atoms with Gasteiger partial charge in [-0.1, -0.05) is 6.92 Å². The number of allylic oxidation sites excluding steroid dienone is 1. The zero-order valence-electron chi connectivity index (χ0n) is 5.45. The molecule has 0 amide bonds. The molecule has 2 nitrogen and oxygen atoms in total. The minimum absolute atomic E-state index is 1.05. The smallest absolute Gasteiger partial charge is 0.339 e. The lowest BCUT2D eigenvalue weighted by molar-refractivity contribution is -0.572. The van der Waals surface area contributed by atoms with Gasteiger partial charge in [0.25, 0.3) is 0 Å². The van der Waals surface area contributed by atoms with Crippen LogP contribution in [0.2, 0.25) is 0 Å². The fraction of sp³-hybridized carbons (Fsp3) is 0.286. The van der Waals surface area contributed by atoms with E-state index in [1.165, 1.54) is 0 Å². The third-order valence-corrected chi connectivity index (χ3v) is 1.01. The highest BCUT2D eigenvalue weighted by Gasteiger charge is 1.90. The third-order valence-electron chi connectivity index (χ3n) is 1.01. The van der Waals surface area contributed by atoms with Crippen LogP contribution in [0.25, 0.3) is 6.20 Å². The summed E-state index contributed by atoms with van der Waals surface area (Å²) in [5, 5.41) is 0. The molecule has 0 radical (unpaired) electrons. The van der Waals surface area contributed by atoms with Crippen LogP contribution in [0.15, 0.2) is 29.3 Å². The third kappa shape index (κ3) is 1.72. The van der Waals surface area contributed by atoms with Gasteiger partial charge in [-0.15, -0.1) is 4.57 Å². The van der Waals surface area contributed by atoms with E-state index < -0.39 is 0 Å². The maximum atomic E-state index is 4.82. The molecule has 48 valence electrons. The molecule has 0 aliphatic rings. The van der Waals surface area contributed by atoms with Crippen molar-refractivity contribution < 1.29 is 8.98 Å². The van der Waals surface area contributed by atoms with Crippen molar-refractivity contribution in [3.8, 4) is 0 Å². The second kappa shape index (κ2) is 3.07. The minimum Gasteiger partial charge on any atom is -0.412 e. The molecule has 1 heterocycles. The average molecular weight is 124 g/mol. The first-order valence-corrected chi connectivity index (χ1v) is 3.03. The fourth-order valence-corrected chi connectivity index (χ4v) is 0.558. The lowest BCUT2D eigenvalue weighted by Gasteiger charge is -1.72. The van der Waals surface area contributed by atoms with Gasteiger partial charge in [0, 0.05) is 0 Å². The Balaban J connectivity index is 2.57. The predicted molar refractivity (Wildman–Crippen MR) is 34.5 cm³/mol. The quantitative estimate of drug-likeness (QED) is 0.545. The van der Waals surface area contributed by atoms with Gasteiger partial charge in [-0.25, -0.2) is 0 Å². The molecule has 0 unspecified atom stereocenters. The van der Waals surface area contributed by atoms with Crippen molar-refractivity contribution in [2.24, 2.45) is 0 Å². The lowest BCUT2D eigenvalue weighted by Crippen LogP contribution is -2.20. The van der Waals surface area contributed by atoms with Crippen molar-refractivity contribution in [1.82, 2.24) is 0 Å². The van der Waals surface area contributed by atoms with Gasteiger partial charge >= 0.3 is 6.39 Å². The summed E-state index contributed by atoms with van der Waals surface area (Å²) in [6.07, 6.45) is 10.2. The molecule has 1 rings (SSSR count). The van der Waals surface area contributed by atoms with Gasteiger partial charge < -0.3 is 4.42 Å². The second-order valence-corrected chi connectivity index (χ2v) is 1.77. The predicted octanol–water partition coefficient (Wildman–Crippen LogP) is 1.45. The normalized spacial score (nSPS) is 10.8. The zero-order valence-corrected chi connectivity index (χ0v) is 5.45. The summed E-state index contributed by atoms with van der Waals surface area (Å²) < 4.78 is 6.69. The standard InChI is InChI=1S/C7H10NO/c1-2-3-4-8-5-6-9-7-8/h3-7H,2H2,1H3/q+1. The van der Waals surface area contributed by atoms with Gasteiger partial charge in [0.05, 0.1) is 0 Å². The van der Waals surface area contributed by atoms with Crippen molar-refractivity contribution in [3.05, 3.63) is 24.9 Å². The summed E-state index contributed by atoms with van der Waals surface area (Å²) in [7, 11) is 0. The van der Waals surface area contributed by atoms with Crippen LogP contribution in [0.5, 0.6) is 0 Å². The molecule has 0 saturated carbocycles. The SMILES string of the molecule is CCC=C[n+]1ccoc1. The van der Waals surface area contributed by atoms with E-state index in [0.717, 1.165) is 6.42 Å². The summed E-state index contributed by atoms with van der Waals surface area (Å²) >= 11 is 0. The van der Waals surface area contributed by atoms with Gasteiger partial charge in [-0.2, -0.15) is 0 Å². The number of nitrogens with zero attached hydrogens (tertiary/aromatic N) is 1. The Morgan fingerprint density at radius 1 is 1.67 bits per heavy atom. The summed E-state index contributed by atoms with van der Waals surface area (Å²) in [5.74, 6) is 0. The van der Waals surface area contributed by atoms with Gasteiger partial charge in [0.15, 0.2) is 12.5 Å². The maximum absolute atomic E-state index is 4.82. The van der Waals surface area contributed by atoms with Gasteiger partial charge in [-0.05, 0) is 12.5 Å². The van der Waals surface area contributed by atoms with Crippen molar-refractivity contribution in [2.45, 2.75) is 13.3 Å². The molecule has 0 aromatic carbocycles. The van der Waals surface area contributed by atoms with E-state index in [9.17, 15) is 0 Å². The van der Waals surface area contributed by atoms with E-state index in [-0.39, 0.29) is 0 Å². The number of aromatic nitrogens is 1. The molecule has 0 aliphatic heterocycles. The molecule has 0 N–H and O–H groups in total. The zero-order chi connectivity index (χ0) is 6.53. The molecule has 0 saturated heterocycles. The Morgan fingerprint density at radius 3 is 3.11 bits per heavy atom. The Kier molecular flexibility index (Phi) is 2.07. The van der Waals surface area contributed by atoms with Crippen molar-refractivity contribution >= 4 is 6.20 Å². The summed E-state index contributed by atoms with van der Waals surface area (Å²) in [6.45, 7) is 2.09. The molecule has 1 aromatic rings. The number of rotatable bonds is 2. The number of hydrogen-bond donors (Lipinski definition) is 0. The molecule has 0 bridgehead atoms. The summed E-state index contributed by atoms with van der Waals surface area (Å²) in [6, 6.07) is 0. The Labute approximate surface area is 54.4 Å². The first-order valence-electron chi connectivity index (χ1n) is 3.03. The first-order chi connectivity index (χ1) is 4.43. The lowest BCUT2D eigenvalue weighted by atomic mass is 10.5. The van der Waals surface area contributed by atoms with Crippen molar-refractivity contribution in [2.75, 3.05) is 0 Å². The van der Waals surface area contributed by atoms with Crippen LogP contribution in [-0.4, -0.2) is 0 Å². The van der Waals surface area contributed by atoms with E-state index in [0.29, 0.717) is 0 Å². The van der Waals surface area contributed by atoms with E-state index >= 15 is 0 Å². The first kappa shape index (κ1) is 6.08. The molecule has 0 spiro atoms. The van der Waals surface area contributed by atoms with Gasteiger partial charge in [0.1, 0.15) is 0 Å². The molecular weight excluding hydrogens is 114 g/mol. The highest BCUT2D eigenvalue weighted by Crippen LogP contribution is 1.80. The van der Waals surface area contributed by atoms with Gasteiger partial charge in [-0.3, -0.25) is 0 Å². The van der Waals surface area contributed by atoms with Crippen LogP contribution in [0.1, 0.15) is 13.3 Å². The van der Waals surface area contributed by atoms with Crippen LogP contribution in [0.3, 0.4) is 0 Å². The van der Waals surface area contributed by atoms with E-state index in [1.54, 1.807) is 12.7 Å². The second-order valence-electron chi connectivity index (χ2n) is 1.77. The Hall–Kier alpha value is -1.05. The van der Waals surface area contributed by atoms with E-state index in [4.69, 9.17) is 4.42 Å². The van der Waals surface area contributed by atoms with Crippen LogP contribution >= 0.6 is 0 Å². The summed E-state index contributed by atoms with van der Waals surface area (Å²) in [5.41, 5.74) is 0. The monoisotopic (exact) mass is 124 g/mol. The number of oxazole rings is 1. The maximum Gasteiger partial charge on any atom is 0.339 e. The van der Waals surface area contributed by atoms with E-state index in [2.05, 4.69) is 13.0 Å². The molecule has 9 heavy (non-hydrogen) atoms. The van der Waals surface area contributed by atoms with Crippen LogP contribution < -0.4 is 4.57 Å². The average Bonchev–Trinajstić information content (AvgIpc) is 2.34. The van der Waals surface area contributed by atoms with Crippen molar-refractivity contribution in [1.29, 1.82) is 0 Å².